The minimum atomic E-state index is -4.54. The van der Waals surface area contributed by atoms with Crippen LogP contribution in [0.1, 0.15) is 11.1 Å². The van der Waals surface area contributed by atoms with Crippen molar-refractivity contribution >= 4 is 66.6 Å². The molecule has 136 valence electrons. The summed E-state index contributed by atoms with van der Waals surface area (Å²) in [5.74, 6) is 0. The van der Waals surface area contributed by atoms with Crippen LogP contribution in [0, 0.1) is 0 Å². The van der Waals surface area contributed by atoms with E-state index in [1.807, 2.05) is 0 Å². The molecule has 6 nitrogen and oxygen atoms in total. The first-order chi connectivity index (χ1) is 11.3. The molecule has 0 unspecified atom stereocenters. The van der Waals surface area contributed by atoms with Crippen molar-refractivity contribution in [3.05, 3.63) is 55.5 Å². The lowest BCUT2D eigenvalue weighted by Crippen LogP contribution is -2.03. The zero-order chi connectivity index (χ0) is 19.2. The highest BCUT2D eigenvalue weighted by atomic mass is 35.5. The molecule has 0 fully saturated rings. The second-order valence-electron chi connectivity index (χ2n) is 4.83. The largest absolute Gasteiger partial charge is 0.296 e. The van der Waals surface area contributed by atoms with Gasteiger partial charge in [0.2, 0.25) is 0 Å². The third-order valence-corrected chi connectivity index (χ3v) is 7.05. The smallest absolute Gasteiger partial charge is 0.282 e. The van der Waals surface area contributed by atoms with E-state index < -0.39 is 30.0 Å². The number of hydrogen-bond acceptors (Lipinski definition) is 4. The molecule has 0 amide bonds. The summed E-state index contributed by atoms with van der Waals surface area (Å²) in [6.07, 6.45) is 0.0363. The van der Waals surface area contributed by atoms with E-state index >= 15 is 0 Å². The predicted octanol–water partition coefficient (Wildman–Crippen LogP) is 4.38. The maximum atomic E-state index is 11.2. The fourth-order valence-corrected chi connectivity index (χ4v) is 4.69. The Morgan fingerprint density at radius 2 is 0.960 bits per heavy atom. The molecule has 0 aliphatic rings. The molecule has 12 heteroatoms. The Kier molecular flexibility index (Phi) is 5.97. The van der Waals surface area contributed by atoms with Gasteiger partial charge in [-0.25, -0.2) is 0 Å². The van der Waals surface area contributed by atoms with Crippen LogP contribution < -0.4 is 0 Å². The number of rotatable bonds is 4. The highest BCUT2D eigenvalue weighted by Gasteiger charge is 2.22. The topological polar surface area (TPSA) is 109 Å². The van der Waals surface area contributed by atoms with Crippen LogP contribution in [0.25, 0.3) is 0 Å². The zero-order valence-corrected chi connectivity index (χ0v) is 16.5. The van der Waals surface area contributed by atoms with Gasteiger partial charge in [0.25, 0.3) is 20.2 Å². The first-order valence-electron chi connectivity index (χ1n) is 6.22. The standard InChI is InChI=1S/C13H8Cl4O6S2/c14-10-6(1-3-8(12(10)16)24(18,19)20)5-7-2-4-9(25(21,22)23)13(17)11(7)15/h1-4H,5H2,(H,18,19,20)(H,21,22,23). The molecule has 0 atom stereocenters. The van der Waals surface area contributed by atoms with Gasteiger partial charge in [-0.3, -0.25) is 9.11 Å². The number of halogens is 4. The summed E-state index contributed by atoms with van der Waals surface area (Å²) >= 11 is 23.8. The van der Waals surface area contributed by atoms with Crippen LogP contribution in [0.4, 0.5) is 0 Å². The zero-order valence-electron chi connectivity index (χ0n) is 11.9. The Balaban J connectivity index is 2.52. The van der Waals surface area contributed by atoms with Crippen molar-refractivity contribution < 1.29 is 25.9 Å². The van der Waals surface area contributed by atoms with Gasteiger partial charge in [0.05, 0.1) is 20.1 Å². The first-order valence-corrected chi connectivity index (χ1v) is 10.6. The highest BCUT2D eigenvalue weighted by Crippen LogP contribution is 2.37. The molecule has 2 aromatic carbocycles. The minimum Gasteiger partial charge on any atom is -0.282 e. The van der Waals surface area contributed by atoms with Crippen LogP contribution in [0.3, 0.4) is 0 Å². The maximum absolute atomic E-state index is 11.2. The summed E-state index contributed by atoms with van der Waals surface area (Å²) < 4.78 is 62.9. The normalized spacial score (nSPS) is 12.4. The number of hydrogen-bond donors (Lipinski definition) is 2. The van der Waals surface area contributed by atoms with E-state index in [0.717, 1.165) is 12.1 Å². The molecule has 0 aromatic heterocycles. The van der Waals surface area contributed by atoms with Gasteiger partial charge in [-0.05, 0) is 23.3 Å². The SMILES string of the molecule is O=S(=O)(O)c1ccc(Cc2ccc(S(=O)(=O)O)c(Cl)c2Cl)c(Cl)c1Cl. The monoisotopic (exact) mass is 464 g/mol. The Morgan fingerprint density at radius 1 is 0.640 bits per heavy atom. The maximum Gasteiger partial charge on any atom is 0.296 e. The van der Waals surface area contributed by atoms with Gasteiger partial charge in [-0.2, -0.15) is 16.8 Å². The molecule has 2 rings (SSSR count). The quantitative estimate of drug-likeness (QED) is 0.648. The summed E-state index contributed by atoms with van der Waals surface area (Å²) in [7, 11) is -9.08. The highest BCUT2D eigenvalue weighted by molar-refractivity contribution is 7.86. The molecule has 2 aromatic rings. The molecular formula is C13H8Cl4O6S2. The van der Waals surface area contributed by atoms with Crippen molar-refractivity contribution in [2.24, 2.45) is 0 Å². The molecule has 0 bridgehead atoms. The van der Waals surface area contributed by atoms with E-state index in [1.165, 1.54) is 12.1 Å². The first kappa shape index (κ1) is 20.7. The van der Waals surface area contributed by atoms with Gasteiger partial charge < -0.3 is 0 Å². The summed E-state index contributed by atoms with van der Waals surface area (Å²) in [6, 6.07) is 4.78. The van der Waals surface area contributed by atoms with Crippen molar-refractivity contribution in [1.29, 1.82) is 0 Å². The molecule has 0 spiro atoms. The van der Waals surface area contributed by atoms with E-state index in [-0.39, 0.29) is 26.5 Å². The van der Waals surface area contributed by atoms with Crippen molar-refractivity contribution in [2.75, 3.05) is 0 Å². The van der Waals surface area contributed by atoms with E-state index in [9.17, 15) is 16.8 Å². The van der Waals surface area contributed by atoms with Crippen LogP contribution in [0.5, 0.6) is 0 Å². The molecule has 0 saturated heterocycles. The molecule has 0 aliphatic heterocycles. The average Bonchev–Trinajstić information content (AvgIpc) is 2.46. The third kappa shape index (κ3) is 4.40. The van der Waals surface area contributed by atoms with Gasteiger partial charge in [0, 0.05) is 6.42 Å². The minimum absolute atomic E-state index is 0.0363. The van der Waals surface area contributed by atoms with E-state index in [0.29, 0.717) is 11.1 Å². The van der Waals surface area contributed by atoms with Crippen molar-refractivity contribution in [1.82, 2.24) is 0 Å². The van der Waals surface area contributed by atoms with Crippen molar-refractivity contribution in [2.45, 2.75) is 16.2 Å². The summed E-state index contributed by atoms with van der Waals surface area (Å²) in [6.45, 7) is 0. The second kappa shape index (κ2) is 7.21. The van der Waals surface area contributed by atoms with Crippen molar-refractivity contribution in [3.8, 4) is 0 Å². The lowest BCUT2D eigenvalue weighted by Gasteiger charge is -2.12. The average molecular weight is 466 g/mol. The van der Waals surface area contributed by atoms with Gasteiger partial charge in [-0.15, -0.1) is 0 Å². The molecule has 0 aliphatic carbocycles. The summed E-state index contributed by atoms with van der Waals surface area (Å²) in [5.41, 5.74) is 0.716. The summed E-state index contributed by atoms with van der Waals surface area (Å²) in [4.78, 5) is -1.09. The van der Waals surface area contributed by atoms with E-state index in [4.69, 9.17) is 55.5 Å². The molecule has 0 heterocycles. The van der Waals surface area contributed by atoms with Gasteiger partial charge >= 0.3 is 0 Å². The van der Waals surface area contributed by atoms with Crippen LogP contribution in [0.2, 0.25) is 20.1 Å². The van der Waals surface area contributed by atoms with Gasteiger partial charge in [-0.1, -0.05) is 58.5 Å². The van der Waals surface area contributed by atoms with Gasteiger partial charge in [0.1, 0.15) is 9.79 Å². The molecule has 0 radical (unpaired) electrons. The third-order valence-electron chi connectivity index (χ3n) is 3.19. The van der Waals surface area contributed by atoms with Crippen LogP contribution in [-0.2, 0) is 26.7 Å². The predicted molar refractivity (Wildman–Crippen MR) is 95.4 cm³/mol. The fourth-order valence-electron chi connectivity index (χ4n) is 2.02. The van der Waals surface area contributed by atoms with Gasteiger partial charge in [0.15, 0.2) is 0 Å². The van der Waals surface area contributed by atoms with Crippen molar-refractivity contribution in [3.63, 3.8) is 0 Å². The Bertz CT molecular complexity index is 979. The Hall–Kier alpha value is -0.580. The molecule has 0 saturated carbocycles. The Labute approximate surface area is 163 Å². The van der Waals surface area contributed by atoms with E-state index in [2.05, 4.69) is 0 Å². The lowest BCUT2D eigenvalue weighted by molar-refractivity contribution is 0.481. The molecule has 25 heavy (non-hydrogen) atoms. The fraction of sp³-hybridized carbons (Fsp3) is 0.0769. The lowest BCUT2D eigenvalue weighted by atomic mass is 10.0. The van der Waals surface area contributed by atoms with Crippen LogP contribution in [0.15, 0.2) is 34.1 Å². The molecular weight excluding hydrogens is 458 g/mol. The second-order valence-corrected chi connectivity index (χ2v) is 9.12. The van der Waals surface area contributed by atoms with Crippen LogP contribution >= 0.6 is 46.4 Å². The molecule has 2 N–H and O–H groups in total. The number of benzene rings is 2. The van der Waals surface area contributed by atoms with Crippen LogP contribution in [-0.4, -0.2) is 25.9 Å². The Morgan fingerprint density at radius 3 is 1.24 bits per heavy atom. The van der Waals surface area contributed by atoms with E-state index in [1.54, 1.807) is 0 Å². The summed E-state index contributed by atoms with van der Waals surface area (Å²) in [5, 5.41) is -0.970.